The average molecular weight is 571 g/mol. The molecule has 4 rings (SSSR count). The number of anilines is 1. The van der Waals surface area contributed by atoms with Crippen molar-refractivity contribution >= 4 is 29.0 Å². The third-order valence-electron chi connectivity index (χ3n) is 6.40. The standard InChI is InChI=1S/C24H30N10O7/c1-33(2)20-18-21(27-11-26-20)34(12-28-18)23-19(36)17(16(10-35)41-23)31-22(37)15(30-24(38)39)9-13-3-5-14(6-4-13)40-8-7-29-32-25/h3-6,11-12,15-17,19,23,25,30,35-36H,7-10H2,1-2H3,(H-,31,37,38,39)/t15?,16-,17-,19-,23-/m1/s1. The van der Waals surface area contributed by atoms with Gasteiger partial charge < -0.3 is 45.1 Å². The van der Waals surface area contributed by atoms with Crippen molar-refractivity contribution in [1.82, 2.24) is 35.1 Å². The summed E-state index contributed by atoms with van der Waals surface area (Å²) in [5.74, 6) is 0.312. The van der Waals surface area contributed by atoms with Gasteiger partial charge in [0.15, 0.2) is 29.8 Å². The first-order valence-electron chi connectivity index (χ1n) is 12.6. The molecule has 1 aliphatic rings. The van der Waals surface area contributed by atoms with E-state index >= 15 is 0 Å². The van der Waals surface area contributed by atoms with E-state index in [1.54, 1.807) is 43.3 Å². The van der Waals surface area contributed by atoms with Crippen LogP contribution in [0.3, 0.4) is 0 Å². The number of fused-ring (bicyclic) bond motifs is 1. The first kappa shape index (κ1) is 29.3. The Labute approximate surface area is 233 Å². The summed E-state index contributed by atoms with van der Waals surface area (Å²) in [5.41, 5.74) is 8.08. The highest BCUT2D eigenvalue weighted by Gasteiger charge is 2.46. The number of carbonyl (C=O) groups is 2. The van der Waals surface area contributed by atoms with Gasteiger partial charge in [0.2, 0.25) is 10.8 Å². The van der Waals surface area contributed by atoms with Gasteiger partial charge in [0.25, 0.3) is 0 Å². The molecule has 0 spiro atoms. The van der Waals surface area contributed by atoms with Crippen LogP contribution in [-0.2, 0) is 16.0 Å². The minimum absolute atomic E-state index is 0.0412. The number of amides is 2. The molecular weight excluding hydrogens is 540 g/mol. The van der Waals surface area contributed by atoms with Crippen LogP contribution in [0.25, 0.3) is 11.2 Å². The number of rotatable bonds is 12. The fourth-order valence-electron chi connectivity index (χ4n) is 4.49. The maximum absolute atomic E-state index is 13.2. The Morgan fingerprint density at radius 3 is 2.71 bits per heavy atom. The second kappa shape index (κ2) is 13.1. The van der Waals surface area contributed by atoms with E-state index in [1.807, 2.05) is 0 Å². The predicted octanol–water partition coefficient (Wildman–Crippen LogP) is -1.90. The number of carboxylic acid groups (broad SMARTS) is 1. The van der Waals surface area contributed by atoms with Gasteiger partial charge in [-0.25, -0.2) is 15.0 Å². The smallest absolute Gasteiger partial charge is 0.243 e. The van der Waals surface area contributed by atoms with E-state index in [-0.39, 0.29) is 19.6 Å². The lowest BCUT2D eigenvalue weighted by atomic mass is 10.0. The van der Waals surface area contributed by atoms with Crippen LogP contribution in [0.15, 0.2) is 42.0 Å². The second-order valence-electron chi connectivity index (χ2n) is 9.33. The van der Waals surface area contributed by atoms with Gasteiger partial charge in [-0.3, -0.25) is 9.36 Å². The molecule has 5 atom stereocenters. The van der Waals surface area contributed by atoms with E-state index < -0.39 is 49.1 Å². The molecule has 0 bridgehead atoms. The summed E-state index contributed by atoms with van der Waals surface area (Å²) >= 11 is 0. The largest absolute Gasteiger partial charge is 0.530 e. The third-order valence-corrected chi connectivity index (χ3v) is 6.40. The molecule has 17 nitrogen and oxygen atoms in total. The lowest BCUT2D eigenvalue weighted by molar-refractivity contribution is -0.251. The highest BCUT2D eigenvalue weighted by Crippen LogP contribution is 2.32. The summed E-state index contributed by atoms with van der Waals surface area (Å²) < 4.78 is 12.8. The van der Waals surface area contributed by atoms with E-state index in [9.17, 15) is 24.9 Å². The van der Waals surface area contributed by atoms with E-state index in [1.165, 1.54) is 17.2 Å². The Morgan fingerprint density at radius 2 is 2.05 bits per heavy atom. The molecule has 1 aromatic carbocycles. The van der Waals surface area contributed by atoms with E-state index in [0.29, 0.717) is 28.3 Å². The molecule has 2 amide bonds. The van der Waals surface area contributed by atoms with E-state index in [4.69, 9.17) is 15.0 Å². The van der Waals surface area contributed by atoms with Gasteiger partial charge in [-0.2, -0.15) is 0 Å². The molecule has 0 saturated carbocycles. The lowest BCUT2D eigenvalue weighted by Gasteiger charge is -2.25. The number of aliphatic hydroxyl groups excluding tert-OH is 2. The van der Waals surface area contributed by atoms with Crippen molar-refractivity contribution in [3.8, 4) is 5.75 Å². The fourth-order valence-corrected chi connectivity index (χ4v) is 4.49. The summed E-state index contributed by atoms with van der Waals surface area (Å²) in [6, 6.07) is 4.23. The lowest BCUT2D eigenvalue weighted by Crippen LogP contribution is -2.57. The minimum Gasteiger partial charge on any atom is -0.530 e. The number of ether oxygens (including phenoxy) is 2. The van der Waals surface area contributed by atoms with Crippen molar-refractivity contribution in [1.29, 1.82) is 5.53 Å². The molecule has 3 heterocycles. The van der Waals surface area contributed by atoms with Crippen LogP contribution in [-0.4, -0.2) is 99.9 Å². The quantitative estimate of drug-likeness (QED) is 0.0915. The molecule has 0 aliphatic carbocycles. The Hall–Kier alpha value is -4.70. The number of hydrogen-bond donors (Lipinski definition) is 5. The molecule has 1 fully saturated rings. The zero-order valence-corrected chi connectivity index (χ0v) is 22.2. The molecule has 2 aromatic heterocycles. The summed E-state index contributed by atoms with van der Waals surface area (Å²) in [7, 11) is 3.59. The number of nitrogens with one attached hydrogen (secondary N) is 3. The fraction of sp³-hybridized carbons (Fsp3) is 0.458. The first-order chi connectivity index (χ1) is 19.7. The van der Waals surface area contributed by atoms with Crippen molar-refractivity contribution in [2.75, 3.05) is 38.8 Å². The maximum Gasteiger partial charge on any atom is 0.243 e. The molecule has 3 aromatic rings. The normalized spacial score (nSPS) is 20.7. The van der Waals surface area contributed by atoms with Crippen molar-refractivity contribution in [2.45, 2.75) is 36.9 Å². The Morgan fingerprint density at radius 1 is 1.29 bits per heavy atom. The van der Waals surface area contributed by atoms with Crippen LogP contribution < -0.4 is 30.3 Å². The molecule has 0 radical (unpaired) electrons. The molecule has 17 heteroatoms. The van der Waals surface area contributed by atoms with Gasteiger partial charge in [-0.05, 0) is 17.7 Å². The van der Waals surface area contributed by atoms with Gasteiger partial charge in [-0.15, -0.1) is 0 Å². The molecule has 1 unspecified atom stereocenters. The maximum atomic E-state index is 13.2. The van der Waals surface area contributed by atoms with Crippen molar-refractivity contribution < 1.29 is 34.4 Å². The van der Waals surface area contributed by atoms with Crippen LogP contribution in [0.4, 0.5) is 10.6 Å². The molecule has 218 valence electrons. The van der Waals surface area contributed by atoms with Crippen LogP contribution >= 0.6 is 0 Å². The zero-order valence-electron chi connectivity index (χ0n) is 22.2. The predicted molar refractivity (Wildman–Crippen MR) is 139 cm³/mol. The molecule has 41 heavy (non-hydrogen) atoms. The summed E-state index contributed by atoms with van der Waals surface area (Å²) in [4.78, 5) is 42.0. The number of benzene rings is 1. The number of imidazole rings is 1. The Bertz CT molecular complexity index is 1410. The van der Waals surface area contributed by atoms with E-state index in [0.717, 1.165) is 0 Å². The highest BCUT2D eigenvalue weighted by molar-refractivity contribution is 5.86. The Kier molecular flexibility index (Phi) is 9.36. The van der Waals surface area contributed by atoms with Gasteiger partial charge >= 0.3 is 0 Å². The van der Waals surface area contributed by atoms with E-state index in [2.05, 4.69) is 35.6 Å². The number of nitrogens with zero attached hydrogens (tertiary/aromatic N) is 7. The highest BCUT2D eigenvalue weighted by atomic mass is 16.5. The zero-order chi connectivity index (χ0) is 29.5. The number of aromatic nitrogens is 4. The summed E-state index contributed by atoms with van der Waals surface area (Å²) in [5, 5.41) is 40.7. The summed E-state index contributed by atoms with van der Waals surface area (Å²) in [6.45, 7) is -0.0971. The number of hydrogen-bond acceptors (Lipinski definition) is 13. The van der Waals surface area contributed by atoms with Gasteiger partial charge in [-0.1, -0.05) is 12.1 Å². The van der Waals surface area contributed by atoms with Gasteiger partial charge in [0.1, 0.15) is 53.7 Å². The van der Waals surface area contributed by atoms with Crippen LogP contribution in [0.5, 0.6) is 5.75 Å². The molecule has 1 aliphatic heterocycles. The second-order valence-corrected chi connectivity index (χ2v) is 9.33. The van der Waals surface area contributed by atoms with Crippen LogP contribution in [0.1, 0.15) is 11.8 Å². The topological polar surface area (TPSA) is 237 Å². The monoisotopic (exact) mass is 570 g/mol. The number of carbonyl (C=O) groups excluding carboxylic acids is 2. The average Bonchev–Trinajstić information content (AvgIpc) is 3.51. The number of aliphatic hydroxyl groups is 2. The van der Waals surface area contributed by atoms with Crippen molar-refractivity contribution in [3.05, 3.63) is 42.5 Å². The molecule has 5 N–H and O–H groups in total. The molecular formula is C24H30N10O7. The van der Waals surface area contributed by atoms with Gasteiger partial charge in [0.05, 0.1) is 19.0 Å². The first-order valence-corrected chi connectivity index (χ1v) is 12.6. The molecule has 1 saturated heterocycles. The SMILES string of the molecule is CN(C)c1ncnc2c1ncn2[C@@H]1O[C@H](CO)[C@@H](NC(=O)C(Cc2ccc(OCCN=[N+]=N)cc2)NC(=O)[O-])[C@H]1O. The van der Waals surface area contributed by atoms with Crippen molar-refractivity contribution in [2.24, 2.45) is 5.11 Å². The summed E-state index contributed by atoms with van der Waals surface area (Å²) in [6.07, 6.45) is -2.35. The van der Waals surface area contributed by atoms with Crippen LogP contribution in [0.2, 0.25) is 0 Å². The third kappa shape index (κ3) is 6.72. The van der Waals surface area contributed by atoms with Gasteiger partial charge in [0, 0.05) is 20.5 Å². The Balaban J connectivity index is 1.48. The minimum atomic E-state index is -1.66. The van der Waals surface area contributed by atoms with Crippen molar-refractivity contribution in [3.63, 3.8) is 0 Å². The van der Waals surface area contributed by atoms with Crippen LogP contribution in [0, 0.1) is 5.53 Å².